The van der Waals surface area contributed by atoms with Gasteiger partial charge in [0, 0.05) is 6.04 Å². The molecule has 76 valence electrons. The van der Waals surface area contributed by atoms with Crippen LogP contribution in [-0.4, -0.2) is 9.55 Å². The number of nitrogens with zero attached hydrogens (tertiary/aromatic N) is 2. The molecule has 0 unspecified atom stereocenters. The highest BCUT2D eigenvalue weighted by Crippen LogP contribution is 2.15. The SMILES string of the molecule is CC(C)n1c(=O)[nH]c2cc(C#N)ccc21. The lowest BCUT2D eigenvalue weighted by molar-refractivity contribution is 0.598. The maximum Gasteiger partial charge on any atom is 0.326 e. The van der Waals surface area contributed by atoms with Gasteiger partial charge in [-0.3, -0.25) is 4.57 Å². The van der Waals surface area contributed by atoms with Crippen LogP contribution in [0.2, 0.25) is 0 Å². The van der Waals surface area contributed by atoms with E-state index in [2.05, 4.69) is 4.98 Å². The molecule has 1 heterocycles. The zero-order chi connectivity index (χ0) is 11.0. The maximum absolute atomic E-state index is 11.6. The van der Waals surface area contributed by atoms with E-state index < -0.39 is 0 Å². The lowest BCUT2D eigenvalue weighted by Crippen LogP contribution is -2.18. The minimum Gasteiger partial charge on any atom is -0.305 e. The molecule has 4 heteroatoms. The van der Waals surface area contributed by atoms with Crippen LogP contribution in [0.4, 0.5) is 0 Å². The van der Waals surface area contributed by atoms with Gasteiger partial charge < -0.3 is 4.98 Å². The van der Waals surface area contributed by atoms with Crippen molar-refractivity contribution in [2.45, 2.75) is 19.9 Å². The third kappa shape index (κ3) is 1.42. The van der Waals surface area contributed by atoms with Crippen LogP contribution >= 0.6 is 0 Å². The monoisotopic (exact) mass is 201 g/mol. The van der Waals surface area contributed by atoms with E-state index >= 15 is 0 Å². The third-order valence-corrected chi connectivity index (χ3v) is 2.36. The molecule has 0 aliphatic heterocycles. The van der Waals surface area contributed by atoms with E-state index in [1.54, 1.807) is 22.8 Å². The first-order valence-corrected chi connectivity index (χ1v) is 4.78. The Kier molecular flexibility index (Phi) is 2.09. The van der Waals surface area contributed by atoms with E-state index in [-0.39, 0.29) is 11.7 Å². The minimum absolute atomic E-state index is 0.110. The van der Waals surface area contributed by atoms with Gasteiger partial charge in [0.25, 0.3) is 0 Å². The Morgan fingerprint density at radius 1 is 1.47 bits per heavy atom. The summed E-state index contributed by atoms with van der Waals surface area (Å²) in [5.41, 5.74) is 1.98. The van der Waals surface area contributed by atoms with Crippen LogP contribution < -0.4 is 5.69 Å². The summed E-state index contributed by atoms with van der Waals surface area (Å²) in [5, 5.41) is 8.73. The first-order chi connectivity index (χ1) is 7.13. The zero-order valence-electron chi connectivity index (χ0n) is 8.61. The second-order valence-corrected chi connectivity index (χ2v) is 3.74. The molecule has 0 aliphatic rings. The van der Waals surface area contributed by atoms with Crippen molar-refractivity contribution in [3.8, 4) is 6.07 Å². The van der Waals surface area contributed by atoms with Gasteiger partial charge in [-0.1, -0.05) is 0 Å². The molecular weight excluding hydrogens is 190 g/mol. The molecule has 0 aliphatic carbocycles. The predicted molar refractivity (Wildman–Crippen MR) is 57.7 cm³/mol. The summed E-state index contributed by atoms with van der Waals surface area (Å²) in [4.78, 5) is 14.3. The fraction of sp³-hybridized carbons (Fsp3) is 0.273. The number of hydrogen-bond acceptors (Lipinski definition) is 2. The van der Waals surface area contributed by atoms with Gasteiger partial charge in [-0.2, -0.15) is 5.26 Å². The molecule has 0 atom stereocenters. The van der Waals surface area contributed by atoms with Gasteiger partial charge in [0.2, 0.25) is 0 Å². The average molecular weight is 201 g/mol. The summed E-state index contributed by atoms with van der Waals surface area (Å²) in [6.45, 7) is 3.90. The molecule has 4 nitrogen and oxygen atoms in total. The largest absolute Gasteiger partial charge is 0.326 e. The average Bonchev–Trinajstić information content (AvgIpc) is 2.52. The van der Waals surface area contributed by atoms with Crippen LogP contribution in [0.3, 0.4) is 0 Å². The van der Waals surface area contributed by atoms with Crippen LogP contribution in [0.15, 0.2) is 23.0 Å². The number of aromatic amines is 1. The summed E-state index contributed by atoms with van der Waals surface area (Å²) in [6.07, 6.45) is 0. The third-order valence-electron chi connectivity index (χ3n) is 2.36. The normalized spacial score (nSPS) is 10.8. The fourth-order valence-electron chi connectivity index (χ4n) is 1.71. The first kappa shape index (κ1) is 9.53. The van der Waals surface area contributed by atoms with Gasteiger partial charge in [0.1, 0.15) is 0 Å². The van der Waals surface area contributed by atoms with Gasteiger partial charge in [-0.05, 0) is 32.0 Å². The smallest absolute Gasteiger partial charge is 0.305 e. The molecular formula is C11H11N3O. The second kappa shape index (κ2) is 3.28. The topological polar surface area (TPSA) is 61.6 Å². The molecule has 0 fully saturated rings. The standard InChI is InChI=1S/C11H11N3O/c1-7(2)14-10-4-3-8(6-12)5-9(10)13-11(14)15/h3-5,7H,1-2H3,(H,13,15). The number of nitriles is 1. The molecule has 0 amide bonds. The van der Waals surface area contributed by atoms with Gasteiger partial charge in [-0.25, -0.2) is 4.79 Å². The van der Waals surface area contributed by atoms with Crippen molar-refractivity contribution in [3.05, 3.63) is 34.2 Å². The van der Waals surface area contributed by atoms with Crippen LogP contribution in [0.5, 0.6) is 0 Å². The summed E-state index contributed by atoms with van der Waals surface area (Å²) in [5.74, 6) is 0. The van der Waals surface area contributed by atoms with Crippen molar-refractivity contribution in [2.24, 2.45) is 0 Å². The Morgan fingerprint density at radius 2 is 2.20 bits per heavy atom. The predicted octanol–water partition coefficient (Wildman–Crippen LogP) is 1.78. The molecule has 1 N–H and O–H groups in total. The van der Waals surface area contributed by atoms with Gasteiger partial charge in [-0.15, -0.1) is 0 Å². The van der Waals surface area contributed by atoms with E-state index in [4.69, 9.17) is 5.26 Å². The zero-order valence-corrected chi connectivity index (χ0v) is 8.61. The molecule has 2 rings (SSSR count). The van der Waals surface area contributed by atoms with E-state index in [0.29, 0.717) is 11.1 Å². The molecule has 2 aromatic rings. The second-order valence-electron chi connectivity index (χ2n) is 3.74. The van der Waals surface area contributed by atoms with Gasteiger partial charge in [0.05, 0.1) is 22.7 Å². The van der Waals surface area contributed by atoms with Crippen LogP contribution in [0, 0.1) is 11.3 Å². The summed E-state index contributed by atoms with van der Waals surface area (Å²) in [6, 6.07) is 7.36. The number of rotatable bonds is 1. The van der Waals surface area contributed by atoms with E-state index in [1.807, 2.05) is 19.9 Å². The molecule has 1 aromatic heterocycles. The Bertz CT molecular complexity index is 598. The number of nitrogens with one attached hydrogen (secondary N) is 1. The molecule has 0 spiro atoms. The number of benzene rings is 1. The summed E-state index contributed by atoms with van der Waals surface area (Å²) >= 11 is 0. The van der Waals surface area contributed by atoms with Crippen LogP contribution in [0.25, 0.3) is 11.0 Å². The first-order valence-electron chi connectivity index (χ1n) is 4.78. The lowest BCUT2D eigenvalue weighted by Gasteiger charge is -2.06. The molecule has 0 bridgehead atoms. The van der Waals surface area contributed by atoms with Gasteiger partial charge >= 0.3 is 5.69 Å². The van der Waals surface area contributed by atoms with Crippen molar-refractivity contribution >= 4 is 11.0 Å². The molecule has 0 radical (unpaired) electrons. The van der Waals surface area contributed by atoms with E-state index in [1.165, 1.54) is 0 Å². The van der Waals surface area contributed by atoms with Crippen molar-refractivity contribution in [1.82, 2.24) is 9.55 Å². The quantitative estimate of drug-likeness (QED) is 0.764. The molecule has 0 saturated carbocycles. The Morgan fingerprint density at radius 3 is 2.80 bits per heavy atom. The highest BCUT2D eigenvalue weighted by molar-refractivity contribution is 5.77. The highest BCUT2D eigenvalue weighted by atomic mass is 16.1. The van der Waals surface area contributed by atoms with Crippen molar-refractivity contribution in [2.75, 3.05) is 0 Å². The van der Waals surface area contributed by atoms with Crippen molar-refractivity contribution in [1.29, 1.82) is 5.26 Å². The van der Waals surface area contributed by atoms with Crippen LogP contribution in [-0.2, 0) is 0 Å². The summed E-state index contributed by atoms with van der Waals surface area (Å²) < 4.78 is 1.68. The number of aromatic nitrogens is 2. The number of fused-ring (bicyclic) bond motifs is 1. The summed E-state index contributed by atoms with van der Waals surface area (Å²) in [7, 11) is 0. The number of imidazole rings is 1. The fourth-order valence-corrected chi connectivity index (χ4v) is 1.71. The Balaban J connectivity index is 2.81. The van der Waals surface area contributed by atoms with Gasteiger partial charge in [0.15, 0.2) is 0 Å². The van der Waals surface area contributed by atoms with E-state index in [0.717, 1.165) is 5.52 Å². The lowest BCUT2D eigenvalue weighted by atomic mass is 10.2. The molecule has 0 saturated heterocycles. The Labute approximate surface area is 86.8 Å². The van der Waals surface area contributed by atoms with E-state index in [9.17, 15) is 4.79 Å². The number of H-pyrrole nitrogens is 1. The maximum atomic E-state index is 11.6. The minimum atomic E-state index is -0.130. The van der Waals surface area contributed by atoms with Crippen molar-refractivity contribution < 1.29 is 0 Å². The molecule has 1 aromatic carbocycles. The van der Waals surface area contributed by atoms with Crippen LogP contribution in [0.1, 0.15) is 25.5 Å². The number of hydrogen-bond donors (Lipinski definition) is 1. The highest BCUT2D eigenvalue weighted by Gasteiger charge is 2.09. The Hall–Kier alpha value is -2.02. The van der Waals surface area contributed by atoms with Crippen molar-refractivity contribution in [3.63, 3.8) is 0 Å². The molecule has 15 heavy (non-hydrogen) atoms.